The molecule has 2 aromatic rings. The van der Waals surface area contributed by atoms with E-state index in [-0.39, 0.29) is 15.9 Å². The van der Waals surface area contributed by atoms with Gasteiger partial charge in [0.25, 0.3) is 0 Å². The Morgan fingerprint density at radius 2 is 1.33 bits per heavy atom. The van der Waals surface area contributed by atoms with E-state index in [2.05, 4.69) is 4.28 Å². The maximum absolute atomic E-state index is 14.0. The fraction of sp³-hybridized carbons (Fsp3) is 0.200. The number of ether oxygens (including phenoxy) is 1. The van der Waals surface area contributed by atoms with Gasteiger partial charge in [-0.2, -0.15) is 21.6 Å². The van der Waals surface area contributed by atoms with Crippen LogP contribution in [0, 0.1) is 23.3 Å². The highest BCUT2D eigenvalue weighted by atomic mass is 32.2. The van der Waals surface area contributed by atoms with E-state index in [9.17, 15) is 49.4 Å². The van der Waals surface area contributed by atoms with Crippen LogP contribution in [0.2, 0.25) is 0 Å². The van der Waals surface area contributed by atoms with Crippen LogP contribution in [0.4, 0.5) is 30.7 Å². The molecule has 2 N–H and O–H groups in total. The van der Waals surface area contributed by atoms with Gasteiger partial charge in [0.05, 0.1) is 11.1 Å². The maximum atomic E-state index is 14.0. The molecule has 0 radical (unpaired) electrons. The van der Waals surface area contributed by atoms with Crippen LogP contribution in [0.3, 0.4) is 0 Å². The van der Waals surface area contributed by atoms with E-state index < -0.39 is 74.0 Å². The first kappa shape index (κ1) is 20.3. The Morgan fingerprint density at radius 1 is 0.900 bits per heavy atom. The zero-order valence-electron chi connectivity index (χ0n) is 13.8. The molecule has 162 valence electrons. The molecule has 2 aliphatic heterocycles. The van der Waals surface area contributed by atoms with Crippen molar-refractivity contribution < 1.29 is 58.4 Å². The van der Waals surface area contributed by atoms with E-state index in [0.29, 0.717) is 0 Å². The van der Waals surface area contributed by atoms with Gasteiger partial charge in [-0.15, -0.1) is 0 Å². The summed E-state index contributed by atoms with van der Waals surface area (Å²) in [5, 5.41) is 20.2. The Kier molecular flexibility index (Phi) is 4.09. The number of halogens is 7. The molecule has 30 heavy (non-hydrogen) atoms. The van der Waals surface area contributed by atoms with Crippen molar-refractivity contribution in [3.63, 3.8) is 0 Å². The zero-order valence-corrected chi connectivity index (χ0v) is 14.7. The number of hydrogen-bond acceptors (Lipinski definition) is 6. The number of aromatic hydroxyl groups is 2. The van der Waals surface area contributed by atoms with Gasteiger partial charge in [-0.1, -0.05) is 16.9 Å². The molecule has 0 saturated heterocycles. The van der Waals surface area contributed by atoms with Crippen molar-refractivity contribution in [3.05, 3.63) is 52.1 Å². The number of aromatic nitrogens is 1. The van der Waals surface area contributed by atoms with Crippen LogP contribution in [0.25, 0.3) is 0 Å². The monoisotopic (exact) mass is 461 g/mol. The summed E-state index contributed by atoms with van der Waals surface area (Å²) in [6.45, 7) is 0. The molecule has 2 aliphatic rings. The number of rotatable bonds is 3. The van der Waals surface area contributed by atoms with Crippen LogP contribution >= 0.6 is 0 Å². The molecule has 1 aromatic carbocycles. The number of hydrogen-bond donors (Lipinski definition) is 2. The third-order valence-corrected chi connectivity index (χ3v) is 5.61. The summed E-state index contributed by atoms with van der Waals surface area (Å²) in [6, 6.07) is 0. The van der Waals surface area contributed by atoms with Gasteiger partial charge in [0, 0.05) is 0 Å². The lowest BCUT2D eigenvalue weighted by molar-refractivity contribution is -0.143. The molecule has 0 spiro atoms. The van der Waals surface area contributed by atoms with Gasteiger partial charge in [-0.3, -0.25) is 4.28 Å². The second kappa shape index (κ2) is 6.04. The third-order valence-electron chi connectivity index (χ3n) is 4.41. The first-order chi connectivity index (χ1) is 13.8. The molecule has 3 heterocycles. The predicted molar refractivity (Wildman–Crippen MR) is 78.5 cm³/mol. The number of alkyl halides is 3. The largest absolute Gasteiger partial charge is 0.492 e. The number of nitrogens with zero attached hydrogens (tertiary/aromatic N) is 1. The smallest absolute Gasteiger partial charge is 0.422 e. The first-order valence-electron chi connectivity index (χ1n) is 7.65. The first-order valence-corrected chi connectivity index (χ1v) is 9.06. The minimum atomic E-state index is -5.94. The van der Waals surface area contributed by atoms with Gasteiger partial charge in [-0.05, 0) is 0 Å². The Bertz CT molecular complexity index is 1170. The molecule has 7 nitrogen and oxygen atoms in total. The molecule has 1 aromatic heterocycles. The standard InChI is InChI=1S/C15H6F7NO6S/c16-8-7(15(20,21)22)9(17)11(19)12(10(8)18)30(26,27)29-23-13(24)5-3-1-2-4(28-3)6(5)14(23)25/h1-4,24-25H. The lowest BCUT2D eigenvalue weighted by Crippen LogP contribution is -2.25. The van der Waals surface area contributed by atoms with Crippen molar-refractivity contribution in [2.24, 2.45) is 0 Å². The minimum absolute atomic E-state index is 0.152. The summed E-state index contributed by atoms with van der Waals surface area (Å²) in [6.07, 6.45) is -4.88. The van der Waals surface area contributed by atoms with Crippen molar-refractivity contribution >= 4 is 10.1 Å². The van der Waals surface area contributed by atoms with E-state index in [1.807, 2.05) is 0 Å². The van der Waals surface area contributed by atoms with Crippen LogP contribution in [0.15, 0.2) is 17.0 Å². The van der Waals surface area contributed by atoms with Gasteiger partial charge in [0.2, 0.25) is 11.8 Å². The molecule has 0 fully saturated rings. The molecular weight excluding hydrogens is 455 g/mol. The molecule has 2 bridgehead atoms. The van der Waals surface area contributed by atoms with Gasteiger partial charge >= 0.3 is 16.3 Å². The molecule has 0 saturated carbocycles. The normalized spacial score (nSPS) is 20.1. The van der Waals surface area contributed by atoms with Gasteiger partial charge in [-0.25, -0.2) is 17.6 Å². The summed E-state index contributed by atoms with van der Waals surface area (Å²) in [5.41, 5.74) is -3.29. The van der Waals surface area contributed by atoms with E-state index in [1.54, 1.807) is 0 Å². The highest BCUT2D eigenvalue weighted by Gasteiger charge is 2.47. The molecule has 0 amide bonds. The maximum Gasteiger partial charge on any atom is 0.422 e. The van der Waals surface area contributed by atoms with Gasteiger partial charge < -0.3 is 14.9 Å². The lowest BCUT2D eigenvalue weighted by Gasteiger charge is -2.15. The molecule has 2 unspecified atom stereocenters. The van der Waals surface area contributed by atoms with E-state index in [1.165, 1.54) is 12.2 Å². The number of benzene rings is 1. The molecule has 0 aliphatic carbocycles. The summed E-state index contributed by atoms with van der Waals surface area (Å²) in [5.74, 6) is -14.0. The Hall–Kier alpha value is -2.94. The van der Waals surface area contributed by atoms with Crippen molar-refractivity contribution in [2.75, 3.05) is 0 Å². The fourth-order valence-electron chi connectivity index (χ4n) is 3.19. The lowest BCUT2D eigenvalue weighted by atomic mass is 10.0. The minimum Gasteiger partial charge on any atom is -0.492 e. The second-order valence-corrected chi connectivity index (χ2v) is 7.58. The molecule has 4 rings (SSSR count). The third kappa shape index (κ3) is 2.57. The summed E-state index contributed by atoms with van der Waals surface area (Å²) in [7, 11) is -5.94. The van der Waals surface area contributed by atoms with Crippen molar-refractivity contribution in [2.45, 2.75) is 23.3 Å². The van der Waals surface area contributed by atoms with E-state index >= 15 is 0 Å². The quantitative estimate of drug-likeness (QED) is 0.415. The van der Waals surface area contributed by atoms with Crippen LogP contribution in [-0.2, 0) is 21.0 Å². The van der Waals surface area contributed by atoms with Gasteiger partial charge in [0.1, 0.15) is 17.8 Å². The molecule has 15 heteroatoms. The van der Waals surface area contributed by atoms with Crippen molar-refractivity contribution in [1.29, 1.82) is 0 Å². The van der Waals surface area contributed by atoms with Crippen LogP contribution in [0.1, 0.15) is 28.9 Å². The van der Waals surface area contributed by atoms with Crippen molar-refractivity contribution in [1.82, 2.24) is 4.73 Å². The summed E-state index contributed by atoms with van der Waals surface area (Å²) >= 11 is 0. The zero-order chi connectivity index (χ0) is 22.3. The van der Waals surface area contributed by atoms with Crippen LogP contribution in [-0.4, -0.2) is 23.4 Å². The second-order valence-electron chi connectivity index (χ2n) is 6.12. The Balaban J connectivity index is 1.84. The topological polar surface area (TPSA) is 98.0 Å². The summed E-state index contributed by atoms with van der Waals surface area (Å²) < 4.78 is 127. The highest BCUT2D eigenvalue weighted by molar-refractivity contribution is 7.87. The highest BCUT2D eigenvalue weighted by Crippen LogP contribution is 2.54. The van der Waals surface area contributed by atoms with Crippen LogP contribution < -0.4 is 4.28 Å². The predicted octanol–water partition coefficient (Wildman–Crippen LogP) is 2.97. The van der Waals surface area contributed by atoms with E-state index in [0.717, 1.165) is 0 Å². The Morgan fingerprint density at radius 3 is 1.73 bits per heavy atom. The average Bonchev–Trinajstić information content (AvgIpc) is 3.29. The van der Waals surface area contributed by atoms with E-state index in [4.69, 9.17) is 4.74 Å². The van der Waals surface area contributed by atoms with Crippen LogP contribution in [0.5, 0.6) is 11.8 Å². The molecular formula is C15H6F7NO6S. The summed E-state index contributed by atoms with van der Waals surface area (Å²) in [4.78, 5) is -2.53. The fourth-order valence-corrected chi connectivity index (χ4v) is 4.22. The van der Waals surface area contributed by atoms with Crippen molar-refractivity contribution in [3.8, 4) is 11.8 Å². The number of fused-ring (bicyclic) bond motifs is 5. The Labute approximate surface area is 161 Å². The molecule has 2 atom stereocenters. The van der Waals surface area contributed by atoms with Gasteiger partial charge in [0.15, 0.2) is 28.2 Å². The SMILES string of the molecule is O=S(=O)(On1c(O)c2c(c1O)C1C=CC2O1)c1c(F)c(F)c(C(F)(F)F)c(F)c1F. The average molecular weight is 461 g/mol.